The van der Waals surface area contributed by atoms with Gasteiger partial charge in [0.1, 0.15) is 17.5 Å². The van der Waals surface area contributed by atoms with Crippen molar-refractivity contribution in [2.75, 3.05) is 7.11 Å². The quantitative estimate of drug-likeness (QED) is 0.618. The Labute approximate surface area is 113 Å². The molecule has 100 valence electrons. The van der Waals surface area contributed by atoms with Gasteiger partial charge in [-0.05, 0) is 18.2 Å². The maximum absolute atomic E-state index is 11.0. The molecule has 1 aromatic heterocycles. The monoisotopic (exact) mass is 272 g/mol. The Morgan fingerprint density at radius 3 is 2.85 bits per heavy atom. The molecule has 0 saturated carbocycles. The minimum Gasteiger partial charge on any atom is -0.496 e. The molecule has 0 bridgehead atoms. The van der Waals surface area contributed by atoms with Gasteiger partial charge in [0.05, 0.1) is 18.1 Å². The summed E-state index contributed by atoms with van der Waals surface area (Å²) in [6, 6.07) is 7.19. The molecule has 20 heavy (non-hydrogen) atoms. The average molecular weight is 272 g/mol. The van der Waals surface area contributed by atoms with E-state index in [1.54, 1.807) is 0 Å². The van der Waals surface area contributed by atoms with Crippen LogP contribution in [0.25, 0.3) is 0 Å². The Morgan fingerprint density at radius 2 is 2.20 bits per heavy atom. The third-order valence-corrected chi connectivity index (χ3v) is 2.31. The Hall–Kier alpha value is -3.21. The molecule has 0 fully saturated rings. The average Bonchev–Trinajstić information content (AvgIpc) is 2.47. The van der Waals surface area contributed by atoms with Crippen molar-refractivity contribution in [3.63, 3.8) is 0 Å². The van der Waals surface area contributed by atoms with Crippen LogP contribution >= 0.6 is 0 Å². The lowest BCUT2D eigenvalue weighted by Gasteiger charge is -2.06. The maximum atomic E-state index is 11.0. The fourth-order valence-electron chi connectivity index (χ4n) is 1.40. The van der Waals surface area contributed by atoms with E-state index in [1.807, 2.05) is 6.07 Å². The van der Waals surface area contributed by atoms with Gasteiger partial charge < -0.3 is 9.47 Å². The van der Waals surface area contributed by atoms with E-state index < -0.39 is 4.92 Å². The van der Waals surface area contributed by atoms with Crippen molar-refractivity contribution in [1.29, 1.82) is 5.26 Å². The van der Waals surface area contributed by atoms with Crippen LogP contribution in [0.5, 0.6) is 17.5 Å². The number of nitro groups is 1. The molecular formula is C12H8N4O4. The summed E-state index contributed by atoms with van der Waals surface area (Å²) in [5.41, 5.74) is -0.179. The lowest BCUT2D eigenvalue weighted by Crippen LogP contribution is -1.98. The van der Waals surface area contributed by atoms with Crippen LogP contribution in [0.4, 0.5) is 5.69 Å². The standard InChI is InChI=1S/C12H8N4O4/c1-19-9-2-3-11(10(6-9)16(17)18)20-12-14-5-4-8(7-13)15-12/h2-6H,1H3. The summed E-state index contributed by atoms with van der Waals surface area (Å²) in [7, 11) is 1.40. The van der Waals surface area contributed by atoms with Gasteiger partial charge in [-0.1, -0.05) is 0 Å². The number of rotatable bonds is 4. The Kier molecular flexibility index (Phi) is 3.72. The van der Waals surface area contributed by atoms with Crippen LogP contribution < -0.4 is 9.47 Å². The molecule has 8 nitrogen and oxygen atoms in total. The second-order valence-electron chi connectivity index (χ2n) is 3.53. The van der Waals surface area contributed by atoms with E-state index in [0.717, 1.165) is 0 Å². The summed E-state index contributed by atoms with van der Waals surface area (Å²) < 4.78 is 10.2. The number of aromatic nitrogens is 2. The first kappa shape index (κ1) is 13.2. The highest BCUT2D eigenvalue weighted by Gasteiger charge is 2.18. The third-order valence-electron chi connectivity index (χ3n) is 2.31. The first-order chi connectivity index (χ1) is 9.63. The van der Waals surface area contributed by atoms with Crippen LogP contribution in [0, 0.1) is 21.4 Å². The summed E-state index contributed by atoms with van der Waals surface area (Å²) >= 11 is 0. The summed E-state index contributed by atoms with van der Waals surface area (Å²) in [6.07, 6.45) is 1.33. The second-order valence-corrected chi connectivity index (χ2v) is 3.53. The van der Waals surface area contributed by atoms with E-state index in [-0.39, 0.29) is 23.1 Å². The number of nitro benzene ring substituents is 1. The Morgan fingerprint density at radius 1 is 1.40 bits per heavy atom. The molecule has 2 rings (SSSR count). The topological polar surface area (TPSA) is 111 Å². The van der Waals surface area contributed by atoms with Gasteiger partial charge in [0.15, 0.2) is 0 Å². The maximum Gasteiger partial charge on any atom is 0.323 e. The zero-order chi connectivity index (χ0) is 14.5. The second kappa shape index (κ2) is 5.62. The number of ether oxygens (including phenoxy) is 2. The summed E-state index contributed by atoms with van der Waals surface area (Å²) in [5, 5.41) is 19.7. The fourth-order valence-corrected chi connectivity index (χ4v) is 1.40. The zero-order valence-electron chi connectivity index (χ0n) is 10.3. The molecular weight excluding hydrogens is 264 g/mol. The molecule has 2 aromatic rings. The van der Waals surface area contributed by atoms with Crippen molar-refractivity contribution in [2.24, 2.45) is 0 Å². The minimum atomic E-state index is -0.605. The van der Waals surface area contributed by atoms with Gasteiger partial charge in [0.25, 0.3) is 0 Å². The van der Waals surface area contributed by atoms with Crippen molar-refractivity contribution >= 4 is 5.69 Å². The largest absolute Gasteiger partial charge is 0.496 e. The first-order valence-electron chi connectivity index (χ1n) is 5.37. The molecule has 0 atom stereocenters. The first-order valence-corrected chi connectivity index (χ1v) is 5.37. The number of hydrogen-bond donors (Lipinski definition) is 0. The molecule has 1 heterocycles. The molecule has 8 heteroatoms. The van der Waals surface area contributed by atoms with E-state index in [2.05, 4.69) is 9.97 Å². The molecule has 0 aliphatic carbocycles. The Balaban J connectivity index is 2.37. The summed E-state index contributed by atoms with van der Waals surface area (Å²) in [4.78, 5) is 17.9. The van der Waals surface area contributed by atoms with E-state index >= 15 is 0 Å². The van der Waals surface area contributed by atoms with Crippen LogP contribution in [0.1, 0.15) is 5.69 Å². The molecule has 0 radical (unpaired) electrons. The van der Waals surface area contributed by atoms with Gasteiger partial charge >= 0.3 is 11.7 Å². The van der Waals surface area contributed by atoms with E-state index in [9.17, 15) is 10.1 Å². The number of nitrogens with zero attached hydrogens (tertiary/aromatic N) is 4. The van der Waals surface area contributed by atoms with Crippen molar-refractivity contribution < 1.29 is 14.4 Å². The molecule has 0 N–H and O–H groups in total. The van der Waals surface area contributed by atoms with Gasteiger partial charge in [-0.2, -0.15) is 10.2 Å². The SMILES string of the molecule is COc1ccc(Oc2nccc(C#N)n2)c([N+](=O)[O-])c1. The van der Waals surface area contributed by atoms with E-state index in [4.69, 9.17) is 14.7 Å². The molecule has 0 amide bonds. The molecule has 0 aliphatic heterocycles. The van der Waals surface area contributed by atoms with Crippen LogP contribution in [0.15, 0.2) is 30.5 Å². The van der Waals surface area contributed by atoms with E-state index in [0.29, 0.717) is 5.75 Å². The normalized spacial score (nSPS) is 9.60. The zero-order valence-corrected chi connectivity index (χ0v) is 10.3. The predicted octanol–water partition coefficient (Wildman–Crippen LogP) is 2.06. The van der Waals surface area contributed by atoms with Gasteiger partial charge in [0, 0.05) is 6.20 Å². The number of methoxy groups -OCH3 is 1. The highest BCUT2D eigenvalue weighted by atomic mass is 16.6. The number of benzene rings is 1. The predicted molar refractivity (Wildman–Crippen MR) is 66.5 cm³/mol. The number of nitriles is 1. The minimum absolute atomic E-state index is 0.0362. The summed E-state index contributed by atoms with van der Waals surface area (Å²) in [6.45, 7) is 0. The molecule has 0 spiro atoms. The molecule has 0 aliphatic rings. The van der Waals surface area contributed by atoms with Gasteiger partial charge in [-0.3, -0.25) is 10.1 Å². The molecule has 0 saturated heterocycles. The molecule has 1 aromatic carbocycles. The lowest BCUT2D eigenvalue weighted by atomic mass is 10.3. The van der Waals surface area contributed by atoms with Crippen LogP contribution in [-0.2, 0) is 0 Å². The van der Waals surface area contributed by atoms with Gasteiger partial charge in [-0.25, -0.2) is 4.98 Å². The fraction of sp³-hybridized carbons (Fsp3) is 0.0833. The Bertz CT molecular complexity index is 696. The highest BCUT2D eigenvalue weighted by Crippen LogP contribution is 2.33. The van der Waals surface area contributed by atoms with Crippen molar-refractivity contribution in [3.8, 4) is 23.6 Å². The van der Waals surface area contributed by atoms with Crippen molar-refractivity contribution in [1.82, 2.24) is 9.97 Å². The van der Waals surface area contributed by atoms with Gasteiger partial charge in [0.2, 0.25) is 5.75 Å². The van der Waals surface area contributed by atoms with Crippen LogP contribution in [0.2, 0.25) is 0 Å². The number of hydrogen-bond acceptors (Lipinski definition) is 7. The van der Waals surface area contributed by atoms with Gasteiger partial charge in [-0.15, -0.1) is 0 Å². The van der Waals surface area contributed by atoms with E-state index in [1.165, 1.54) is 37.6 Å². The highest BCUT2D eigenvalue weighted by molar-refractivity contribution is 5.51. The van der Waals surface area contributed by atoms with Crippen LogP contribution in [-0.4, -0.2) is 22.0 Å². The third kappa shape index (κ3) is 2.78. The lowest BCUT2D eigenvalue weighted by molar-refractivity contribution is -0.385. The molecule has 0 unspecified atom stereocenters. The van der Waals surface area contributed by atoms with Crippen molar-refractivity contribution in [3.05, 3.63) is 46.3 Å². The smallest absolute Gasteiger partial charge is 0.323 e. The van der Waals surface area contributed by atoms with Crippen molar-refractivity contribution in [2.45, 2.75) is 0 Å². The summed E-state index contributed by atoms with van der Waals surface area (Å²) in [5.74, 6) is 0.293. The van der Waals surface area contributed by atoms with Crippen LogP contribution in [0.3, 0.4) is 0 Å².